The molecule has 1 fully saturated rings. The van der Waals surface area contributed by atoms with E-state index in [9.17, 15) is 9.90 Å². The van der Waals surface area contributed by atoms with Crippen LogP contribution in [0, 0.1) is 6.92 Å². The monoisotopic (exact) mass is 268 g/mol. The summed E-state index contributed by atoms with van der Waals surface area (Å²) in [7, 11) is 0. The molecule has 0 aliphatic heterocycles. The van der Waals surface area contributed by atoms with Crippen molar-refractivity contribution >= 4 is 5.97 Å². The Balaban J connectivity index is 2.13. The molecule has 1 heterocycles. The Morgan fingerprint density at radius 1 is 1.20 bits per heavy atom. The molecule has 1 N–H and O–H groups in total. The van der Waals surface area contributed by atoms with Gasteiger partial charge in [-0.3, -0.25) is 0 Å². The lowest BCUT2D eigenvalue weighted by Gasteiger charge is -2.41. The summed E-state index contributed by atoms with van der Waals surface area (Å²) in [5, 5.41) is 9.17. The number of carbonyl (C=O) groups is 1. The molecular weight excluding hydrogens is 252 g/mol. The average molecular weight is 268 g/mol. The van der Waals surface area contributed by atoms with Crippen molar-refractivity contribution in [3.8, 4) is 0 Å². The number of aryl methyl sites for hydroxylation is 1. The summed E-state index contributed by atoms with van der Waals surface area (Å²) in [5.41, 5.74) is 1.75. The van der Waals surface area contributed by atoms with Crippen molar-refractivity contribution in [2.45, 2.75) is 31.6 Å². The first-order valence-electron chi connectivity index (χ1n) is 6.77. The van der Waals surface area contributed by atoms with Crippen LogP contribution < -0.4 is 0 Å². The Labute approximate surface area is 117 Å². The van der Waals surface area contributed by atoms with E-state index in [1.54, 1.807) is 0 Å². The first-order chi connectivity index (χ1) is 9.62. The van der Waals surface area contributed by atoms with E-state index in [4.69, 9.17) is 0 Å². The molecule has 1 aliphatic rings. The SMILES string of the molecule is Cc1cc(C(=O)O)nc(C2(c3ccccc3)CCC2)n1. The first-order valence-corrected chi connectivity index (χ1v) is 6.77. The molecule has 0 amide bonds. The summed E-state index contributed by atoms with van der Waals surface area (Å²) in [6.07, 6.45) is 3.06. The van der Waals surface area contributed by atoms with E-state index >= 15 is 0 Å². The van der Waals surface area contributed by atoms with Crippen LogP contribution in [0.1, 0.15) is 46.8 Å². The lowest BCUT2D eigenvalue weighted by atomic mass is 9.64. The van der Waals surface area contributed by atoms with Gasteiger partial charge in [0.15, 0.2) is 5.69 Å². The van der Waals surface area contributed by atoms with E-state index < -0.39 is 5.97 Å². The highest BCUT2D eigenvalue weighted by Gasteiger charge is 2.43. The third-order valence-electron chi connectivity index (χ3n) is 4.03. The maximum Gasteiger partial charge on any atom is 0.354 e. The zero-order chi connectivity index (χ0) is 14.2. The minimum absolute atomic E-state index is 0.0784. The number of benzene rings is 1. The van der Waals surface area contributed by atoms with E-state index in [1.807, 2.05) is 25.1 Å². The van der Waals surface area contributed by atoms with Crippen LogP contribution in [-0.2, 0) is 5.41 Å². The molecule has 4 nitrogen and oxygen atoms in total. The average Bonchev–Trinajstić information content (AvgIpc) is 2.38. The number of carboxylic acids is 1. The van der Waals surface area contributed by atoms with Gasteiger partial charge in [-0.15, -0.1) is 0 Å². The van der Waals surface area contributed by atoms with Crippen molar-refractivity contribution in [2.75, 3.05) is 0 Å². The third kappa shape index (κ3) is 1.97. The highest BCUT2D eigenvalue weighted by Crippen LogP contribution is 2.47. The summed E-state index contributed by atoms with van der Waals surface area (Å²) in [5.74, 6) is -0.355. The Morgan fingerprint density at radius 2 is 1.90 bits per heavy atom. The number of aromatic nitrogens is 2. The van der Waals surface area contributed by atoms with Gasteiger partial charge in [-0.05, 0) is 31.4 Å². The largest absolute Gasteiger partial charge is 0.477 e. The van der Waals surface area contributed by atoms with E-state index in [2.05, 4.69) is 22.1 Å². The number of rotatable bonds is 3. The summed E-state index contributed by atoms with van der Waals surface area (Å²) in [6, 6.07) is 11.7. The quantitative estimate of drug-likeness (QED) is 0.929. The molecular formula is C16H16N2O2. The number of nitrogens with zero attached hydrogens (tertiary/aromatic N) is 2. The smallest absolute Gasteiger partial charge is 0.354 e. The molecule has 0 radical (unpaired) electrons. The van der Waals surface area contributed by atoms with Gasteiger partial charge in [-0.25, -0.2) is 14.8 Å². The fraction of sp³-hybridized carbons (Fsp3) is 0.312. The Hall–Kier alpha value is -2.23. The minimum atomic E-state index is -1.00. The molecule has 3 rings (SSSR count). The van der Waals surface area contributed by atoms with Crippen LogP contribution in [0.25, 0.3) is 0 Å². The van der Waals surface area contributed by atoms with Gasteiger partial charge in [0.2, 0.25) is 0 Å². The van der Waals surface area contributed by atoms with Crippen LogP contribution in [0.15, 0.2) is 36.4 Å². The molecule has 0 unspecified atom stereocenters. The molecule has 1 aromatic heterocycles. The lowest BCUT2D eigenvalue weighted by molar-refractivity contribution is 0.0689. The van der Waals surface area contributed by atoms with E-state index in [0.29, 0.717) is 11.5 Å². The van der Waals surface area contributed by atoms with Crippen molar-refractivity contribution in [1.82, 2.24) is 9.97 Å². The summed E-state index contributed by atoms with van der Waals surface area (Å²) in [4.78, 5) is 20.0. The first kappa shape index (κ1) is 12.8. The molecule has 0 spiro atoms. The lowest BCUT2D eigenvalue weighted by Crippen LogP contribution is -2.38. The maximum atomic E-state index is 11.2. The van der Waals surface area contributed by atoms with Gasteiger partial charge in [-0.1, -0.05) is 36.8 Å². The fourth-order valence-corrected chi connectivity index (χ4v) is 2.82. The summed E-state index contributed by atoms with van der Waals surface area (Å²) in [6.45, 7) is 1.81. The van der Waals surface area contributed by atoms with Gasteiger partial charge >= 0.3 is 5.97 Å². The maximum absolute atomic E-state index is 11.2. The number of carboxylic acid groups (broad SMARTS) is 1. The van der Waals surface area contributed by atoms with Gasteiger partial charge < -0.3 is 5.11 Å². The van der Waals surface area contributed by atoms with Gasteiger partial charge in [0.1, 0.15) is 5.82 Å². The van der Waals surface area contributed by atoms with Crippen molar-refractivity contribution in [1.29, 1.82) is 0 Å². The van der Waals surface area contributed by atoms with Gasteiger partial charge in [0.25, 0.3) is 0 Å². The highest BCUT2D eigenvalue weighted by molar-refractivity contribution is 5.85. The Bertz CT molecular complexity index is 649. The number of hydrogen-bond acceptors (Lipinski definition) is 3. The van der Waals surface area contributed by atoms with Crippen LogP contribution in [-0.4, -0.2) is 21.0 Å². The van der Waals surface area contributed by atoms with Gasteiger partial charge in [-0.2, -0.15) is 0 Å². The van der Waals surface area contributed by atoms with Crippen LogP contribution in [0.3, 0.4) is 0 Å². The van der Waals surface area contributed by atoms with Crippen LogP contribution >= 0.6 is 0 Å². The van der Waals surface area contributed by atoms with Crippen molar-refractivity contribution in [3.63, 3.8) is 0 Å². The second kappa shape index (κ2) is 4.71. The molecule has 2 aromatic rings. The molecule has 1 saturated carbocycles. The van der Waals surface area contributed by atoms with Crippen LogP contribution in [0.4, 0.5) is 0 Å². The molecule has 1 aliphatic carbocycles. The van der Waals surface area contributed by atoms with E-state index in [1.165, 1.54) is 11.6 Å². The van der Waals surface area contributed by atoms with E-state index in [0.717, 1.165) is 19.3 Å². The zero-order valence-electron chi connectivity index (χ0n) is 11.3. The Morgan fingerprint density at radius 3 is 2.45 bits per heavy atom. The third-order valence-corrected chi connectivity index (χ3v) is 4.03. The summed E-state index contributed by atoms with van der Waals surface area (Å²) >= 11 is 0. The second-order valence-corrected chi connectivity index (χ2v) is 5.33. The van der Waals surface area contributed by atoms with Gasteiger partial charge in [0, 0.05) is 5.69 Å². The molecule has 20 heavy (non-hydrogen) atoms. The zero-order valence-corrected chi connectivity index (χ0v) is 11.3. The standard InChI is InChI=1S/C16H16N2O2/c1-11-10-13(14(19)20)18-15(17-11)16(8-5-9-16)12-6-3-2-4-7-12/h2-4,6-7,10H,5,8-9H2,1H3,(H,19,20). The van der Waals surface area contributed by atoms with Crippen molar-refractivity contribution in [2.24, 2.45) is 0 Å². The molecule has 4 heteroatoms. The Kier molecular flexibility index (Phi) is 3.01. The predicted octanol–water partition coefficient (Wildman–Crippen LogP) is 2.95. The number of hydrogen-bond donors (Lipinski definition) is 1. The summed E-state index contributed by atoms with van der Waals surface area (Å²) < 4.78 is 0. The highest BCUT2D eigenvalue weighted by atomic mass is 16.4. The normalized spacial score (nSPS) is 16.4. The molecule has 0 saturated heterocycles. The number of aromatic carboxylic acids is 1. The van der Waals surface area contributed by atoms with Gasteiger partial charge in [0.05, 0.1) is 5.41 Å². The van der Waals surface area contributed by atoms with Crippen LogP contribution in [0.5, 0.6) is 0 Å². The van der Waals surface area contributed by atoms with Crippen molar-refractivity contribution < 1.29 is 9.90 Å². The van der Waals surface area contributed by atoms with Crippen molar-refractivity contribution in [3.05, 3.63) is 59.2 Å². The molecule has 102 valence electrons. The molecule has 0 atom stereocenters. The second-order valence-electron chi connectivity index (χ2n) is 5.33. The predicted molar refractivity (Wildman–Crippen MR) is 74.8 cm³/mol. The minimum Gasteiger partial charge on any atom is -0.477 e. The fourth-order valence-electron chi connectivity index (χ4n) is 2.82. The molecule has 0 bridgehead atoms. The van der Waals surface area contributed by atoms with Crippen LogP contribution in [0.2, 0.25) is 0 Å². The van der Waals surface area contributed by atoms with E-state index in [-0.39, 0.29) is 11.1 Å². The topological polar surface area (TPSA) is 63.1 Å². The molecule has 1 aromatic carbocycles.